The first-order chi connectivity index (χ1) is 13.9. The molecule has 0 aliphatic carbocycles. The van der Waals surface area contributed by atoms with Gasteiger partial charge < -0.3 is 10.2 Å². The van der Waals surface area contributed by atoms with E-state index in [1.165, 1.54) is 30.0 Å². The Morgan fingerprint density at radius 1 is 1.10 bits per heavy atom. The zero-order valence-corrected chi connectivity index (χ0v) is 17.4. The van der Waals surface area contributed by atoms with E-state index < -0.39 is 10.8 Å². The standard InChI is InChI=1S/C20H20ClN3O4S/c1-29-14-6-8-18(24(27)28)16(12-14)19(25)22-13-5-7-15(17(21)11-13)20(26)23-9-3-2-4-10-23/h5-8,11-12H,2-4,9-10H2,1H3,(H,22,25). The molecule has 2 aromatic rings. The van der Waals surface area contributed by atoms with Crippen LogP contribution in [0, 0.1) is 10.1 Å². The molecular weight excluding hydrogens is 414 g/mol. The highest BCUT2D eigenvalue weighted by Gasteiger charge is 2.23. The third kappa shape index (κ3) is 4.89. The fourth-order valence-electron chi connectivity index (χ4n) is 3.22. The van der Waals surface area contributed by atoms with Gasteiger partial charge in [0, 0.05) is 29.7 Å². The predicted molar refractivity (Wildman–Crippen MR) is 114 cm³/mol. The van der Waals surface area contributed by atoms with Gasteiger partial charge in [-0.25, -0.2) is 0 Å². The Morgan fingerprint density at radius 2 is 1.83 bits per heavy atom. The molecule has 0 bridgehead atoms. The Bertz CT molecular complexity index is 961. The van der Waals surface area contributed by atoms with Crippen LogP contribution in [0.5, 0.6) is 0 Å². The number of amides is 2. The van der Waals surface area contributed by atoms with Crippen LogP contribution in [0.3, 0.4) is 0 Å². The molecule has 3 rings (SSSR count). The predicted octanol–water partition coefficient (Wildman–Crippen LogP) is 4.85. The Labute approximate surface area is 177 Å². The average Bonchev–Trinajstić information content (AvgIpc) is 2.73. The maximum Gasteiger partial charge on any atom is 0.282 e. The van der Waals surface area contributed by atoms with E-state index in [4.69, 9.17) is 11.6 Å². The lowest BCUT2D eigenvalue weighted by molar-refractivity contribution is -0.385. The highest BCUT2D eigenvalue weighted by atomic mass is 35.5. The lowest BCUT2D eigenvalue weighted by Gasteiger charge is -2.27. The van der Waals surface area contributed by atoms with Crippen molar-refractivity contribution in [1.82, 2.24) is 4.90 Å². The Morgan fingerprint density at radius 3 is 2.45 bits per heavy atom. The smallest absolute Gasteiger partial charge is 0.282 e. The van der Waals surface area contributed by atoms with Crippen molar-refractivity contribution in [3.05, 3.63) is 62.7 Å². The van der Waals surface area contributed by atoms with Gasteiger partial charge >= 0.3 is 0 Å². The van der Waals surface area contributed by atoms with E-state index in [0.717, 1.165) is 24.2 Å². The van der Waals surface area contributed by atoms with Crippen molar-refractivity contribution < 1.29 is 14.5 Å². The van der Waals surface area contributed by atoms with Crippen LogP contribution >= 0.6 is 23.4 Å². The number of nitro benzene ring substituents is 1. The number of nitro groups is 1. The minimum atomic E-state index is -0.612. The third-order valence-electron chi connectivity index (χ3n) is 4.75. The highest BCUT2D eigenvalue weighted by Crippen LogP contribution is 2.27. The van der Waals surface area contributed by atoms with Gasteiger partial charge in [0.15, 0.2) is 0 Å². The molecule has 0 saturated carbocycles. The van der Waals surface area contributed by atoms with Crippen molar-refractivity contribution in [3.63, 3.8) is 0 Å². The zero-order valence-electron chi connectivity index (χ0n) is 15.8. The quantitative estimate of drug-likeness (QED) is 0.413. The molecule has 0 spiro atoms. The number of hydrogen-bond acceptors (Lipinski definition) is 5. The van der Waals surface area contributed by atoms with Crippen molar-refractivity contribution >= 4 is 46.6 Å². The molecule has 0 atom stereocenters. The van der Waals surface area contributed by atoms with Gasteiger partial charge in [-0.3, -0.25) is 19.7 Å². The number of nitrogens with one attached hydrogen (secondary N) is 1. The second kappa shape index (κ2) is 9.28. The van der Waals surface area contributed by atoms with Crippen LogP contribution in [0.25, 0.3) is 0 Å². The van der Waals surface area contributed by atoms with Crippen LogP contribution in [0.15, 0.2) is 41.3 Å². The number of hydrogen-bond donors (Lipinski definition) is 1. The highest BCUT2D eigenvalue weighted by molar-refractivity contribution is 7.98. The number of thioether (sulfide) groups is 1. The molecule has 0 radical (unpaired) electrons. The summed E-state index contributed by atoms with van der Waals surface area (Å²) in [5.41, 5.74) is 0.427. The summed E-state index contributed by atoms with van der Waals surface area (Å²) in [5, 5.41) is 14.1. The van der Waals surface area contributed by atoms with Gasteiger partial charge in [-0.1, -0.05) is 11.6 Å². The molecule has 1 fully saturated rings. The summed E-state index contributed by atoms with van der Waals surface area (Å²) in [6.45, 7) is 1.42. The normalized spacial score (nSPS) is 13.8. The molecule has 2 amide bonds. The molecule has 1 N–H and O–H groups in total. The first-order valence-electron chi connectivity index (χ1n) is 9.13. The van der Waals surface area contributed by atoms with Gasteiger partial charge in [0.05, 0.1) is 15.5 Å². The van der Waals surface area contributed by atoms with Gasteiger partial charge in [-0.2, -0.15) is 0 Å². The summed E-state index contributed by atoms with van der Waals surface area (Å²) in [4.78, 5) is 38.5. The first kappa shape index (κ1) is 21.1. The first-order valence-corrected chi connectivity index (χ1v) is 10.7. The molecule has 1 aliphatic heterocycles. The van der Waals surface area contributed by atoms with Crippen molar-refractivity contribution in [2.24, 2.45) is 0 Å². The molecule has 152 valence electrons. The molecule has 9 heteroatoms. The van der Waals surface area contributed by atoms with E-state index >= 15 is 0 Å². The van der Waals surface area contributed by atoms with Crippen LogP contribution in [-0.4, -0.2) is 41.0 Å². The fourth-order valence-corrected chi connectivity index (χ4v) is 3.92. The molecular formula is C20H20ClN3O4S. The molecule has 29 heavy (non-hydrogen) atoms. The number of piperidine rings is 1. The summed E-state index contributed by atoms with van der Waals surface area (Å²) in [7, 11) is 0. The molecule has 1 saturated heterocycles. The number of carbonyl (C=O) groups excluding carboxylic acids is 2. The SMILES string of the molecule is CSc1ccc([N+](=O)[O-])c(C(=O)Nc2ccc(C(=O)N3CCCCC3)c(Cl)c2)c1. The number of likely N-dealkylation sites (tertiary alicyclic amines) is 1. The lowest BCUT2D eigenvalue weighted by Crippen LogP contribution is -2.35. The van der Waals surface area contributed by atoms with Gasteiger partial charge in [-0.05, 0) is 55.9 Å². The topological polar surface area (TPSA) is 92.5 Å². The fraction of sp³-hybridized carbons (Fsp3) is 0.300. The van der Waals surface area contributed by atoms with Crippen molar-refractivity contribution in [3.8, 4) is 0 Å². The Balaban J connectivity index is 1.80. The van der Waals surface area contributed by atoms with Crippen molar-refractivity contribution in [2.45, 2.75) is 24.2 Å². The minimum Gasteiger partial charge on any atom is -0.339 e. The number of benzene rings is 2. The number of carbonyl (C=O) groups is 2. The van der Waals surface area contributed by atoms with Gasteiger partial charge in [0.2, 0.25) is 0 Å². The summed E-state index contributed by atoms with van der Waals surface area (Å²) in [6, 6.07) is 9.02. The summed E-state index contributed by atoms with van der Waals surface area (Å²) in [5.74, 6) is -0.741. The van der Waals surface area contributed by atoms with Crippen LogP contribution in [0.4, 0.5) is 11.4 Å². The number of anilines is 1. The van der Waals surface area contributed by atoms with E-state index in [0.29, 0.717) is 24.3 Å². The molecule has 1 aliphatic rings. The molecule has 7 nitrogen and oxygen atoms in total. The van der Waals surface area contributed by atoms with Crippen LogP contribution < -0.4 is 5.32 Å². The van der Waals surface area contributed by atoms with Gasteiger partial charge in [-0.15, -0.1) is 11.8 Å². The van der Waals surface area contributed by atoms with E-state index in [-0.39, 0.29) is 22.2 Å². The second-order valence-electron chi connectivity index (χ2n) is 6.64. The van der Waals surface area contributed by atoms with Gasteiger partial charge in [0.1, 0.15) is 5.56 Å². The second-order valence-corrected chi connectivity index (χ2v) is 7.93. The average molecular weight is 434 g/mol. The molecule has 0 unspecified atom stereocenters. The van der Waals surface area contributed by atoms with E-state index in [9.17, 15) is 19.7 Å². The lowest BCUT2D eigenvalue weighted by atomic mass is 10.1. The van der Waals surface area contributed by atoms with E-state index in [1.54, 1.807) is 23.1 Å². The maximum atomic E-state index is 12.6. The molecule has 2 aromatic carbocycles. The van der Waals surface area contributed by atoms with Crippen LogP contribution in [0.1, 0.15) is 40.0 Å². The number of halogens is 1. The Kier molecular flexibility index (Phi) is 6.76. The molecule has 0 aromatic heterocycles. The number of nitrogens with zero attached hydrogens (tertiary/aromatic N) is 2. The van der Waals surface area contributed by atoms with Crippen LogP contribution in [-0.2, 0) is 0 Å². The Hall–Kier alpha value is -2.58. The molecule has 1 heterocycles. The maximum absolute atomic E-state index is 12.6. The van der Waals surface area contributed by atoms with E-state index in [1.807, 2.05) is 6.26 Å². The monoisotopic (exact) mass is 433 g/mol. The largest absolute Gasteiger partial charge is 0.339 e. The third-order valence-corrected chi connectivity index (χ3v) is 5.78. The summed E-state index contributed by atoms with van der Waals surface area (Å²) >= 11 is 7.67. The minimum absolute atomic E-state index is 0.0357. The van der Waals surface area contributed by atoms with Crippen molar-refractivity contribution in [1.29, 1.82) is 0 Å². The number of rotatable bonds is 5. The zero-order chi connectivity index (χ0) is 21.0. The van der Waals surface area contributed by atoms with E-state index in [2.05, 4.69) is 5.32 Å². The summed E-state index contributed by atoms with van der Waals surface area (Å²) in [6.07, 6.45) is 4.89. The van der Waals surface area contributed by atoms with Crippen LogP contribution in [0.2, 0.25) is 5.02 Å². The summed E-state index contributed by atoms with van der Waals surface area (Å²) < 4.78 is 0. The van der Waals surface area contributed by atoms with Crippen molar-refractivity contribution in [2.75, 3.05) is 24.7 Å². The van der Waals surface area contributed by atoms with Gasteiger partial charge in [0.25, 0.3) is 17.5 Å².